The number of aryl methyl sites for hydroxylation is 3. The number of carbonyl (C=O) groups excluding carboxylic acids is 1. The fourth-order valence-corrected chi connectivity index (χ4v) is 3.60. The van der Waals surface area contributed by atoms with Crippen LogP contribution < -0.4 is 10.5 Å². The molecule has 4 rings (SSSR count). The fourth-order valence-electron chi connectivity index (χ4n) is 3.60. The van der Waals surface area contributed by atoms with Crippen LogP contribution in [-0.4, -0.2) is 52.2 Å². The van der Waals surface area contributed by atoms with Crippen molar-refractivity contribution in [1.29, 1.82) is 0 Å². The van der Waals surface area contributed by atoms with Crippen LogP contribution in [0.3, 0.4) is 0 Å². The van der Waals surface area contributed by atoms with E-state index in [1.54, 1.807) is 11.8 Å². The van der Waals surface area contributed by atoms with Crippen molar-refractivity contribution in [3.63, 3.8) is 0 Å². The van der Waals surface area contributed by atoms with Gasteiger partial charge in [0.15, 0.2) is 0 Å². The van der Waals surface area contributed by atoms with E-state index in [4.69, 9.17) is 4.42 Å². The summed E-state index contributed by atoms with van der Waals surface area (Å²) in [5.41, 5.74) is 1.40. The lowest BCUT2D eigenvalue weighted by Gasteiger charge is -2.34. The van der Waals surface area contributed by atoms with E-state index in [1.807, 2.05) is 41.3 Å². The minimum absolute atomic E-state index is 0.126. The molecule has 0 atom stereocenters. The molecule has 8 nitrogen and oxygen atoms in total. The summed E-state index contributed by atoms with van der Waals surface area (Å²) in [5, 5.41) is 6.68. The van der Waals surface area contributed by atoms with Gasteiger partial charge < -0.3 is 14.2 Å². The summed E-state index contributed by atoms with van der Waals surface area (Å²) in [6.45, 7) is 4.06. The lowest BCUT2D eigenvalue weighted by atomic mass is 10.1. The number of anilines is 1. The van der Waals surface area contributed by atoms with Crippen LogP contribution in [0.25, 0.3) is 0 Å². The van der Waals surface area contributed by atoms with Gasteiger partial charge in [0.1, 0.15) is 17.7 Å². The van der Waals surface area contributed by atoms with E-state index in [-0.39, 0.29) is 11.5 Å². The number of H-pyrrole nitrogens is 1. The number of rotatable bonds is 5. The van der Waals surface area contributed by atoms with Gasteiger partial charge in [-0.15, -0.1) is 0 Å². The summed E-state index contributed by atoms with van der Waals surface area (Å²) in [4.78, 5) is 33.3. The molecular formula is C21H23N5O3. The van der Waals surface area contributed by atoms with Gasteiger partial charge in [-0.25, -0.2) is 9.89 Å². The van der Waals surface area contributed by atoms with Crippen LogP contribution in [0.5, 0.6) is 0 Å². The number of aromatic nitrogens is 3. The van der Waals surface area contributed by atoms with E-state index in [2.05, 4.69) is 15.2 Å². The third-order valence-electron chi connectivity index (χ3n) is 5.19. The van der Waals surface area contributed by atoms with Gasteiger partial charge in [-0.2, -0.15) is 10.1 Å². The first-order valence-electron chi connectivity index (χ1n) is 9.69. The fraction of sp³-hybridized carbons (Fsp3) is 0.333. The largest absolute Gasteiger partial charge is 0.427 e. The molecule has 0 aliphatic carbocycles. The Balaban J connectivity index is 1.43. The summed E-state index contributed by atoms with van der Waals surface area (Å²) in [7, 11) is 0. The highest BCUT2D eigenvalue weighted by Gasteiger charge is 2.27. The van der Waals surface area contributed by atoms with E-state index in [1.165, 1.54) is 11.9 Å². The van der Waals surface area contributed by atoms with E-state index >= 15 is 0 Å². The number of nitrogens with one attached hydrogen (secondary N) is 1. The normalized spacial score (nSPS) is 14.2. The first kappa shape index (κ1) is 18.9. The van der Waals surface area contributed by atoms with E-state index in [0.717, 1.165) is 6.42 Å². The summed E-state index contributed by atoms with van der Waals surface area (Å²) in [5.74, 6) is 1.02. The molecule has 8 heteroatoms. The highest BCUT2D eigenvalue weighted by Crippen LogP contribution is 2.15. The molecule has 1 aromatic carbocycles. The summed E-state index contributed by atoms with van der Waals surface area (Å²) in [6, 6.07) is 11.8. The number of amides is 1. The Morgan fingerprint density at radius 2 is 1.90 bits per heavy atom. The van der Waals surface area contributed by atoms with Crippen LogP contribution in [0.15, 0.2) is 51.9 Å². The molecule has 1 fully saturated rings. The molecule has 1 amide bonds. The molecule has 2 aromatic heterocycles. The van der Waals surface area contributed by atoms with Crippen LogP contribution in [0.1, 0.15) is 27.2 Å². The lowest BCUT2D eigenvalue weighted by Crippen LogP contribution is -2.50. The Labute approximate surface area is 168 Å². The first-order valence-corrected chi connectivity index (χ1v) is 9.69. The van der Waals surface area contributed by atoms with Crippen LogP contribution >= 0.6 is 0 Å². The van der Waals surface area contributed by atoms with Gasteiger partial charge in [-0.05, 0) is 30.5 Å². The molecule has 1 aliphatic heterocycles. The maximum absolute atomic E-state index is 12.9. The number of nitrogens with zero attached hydrogens (tertiary/aromatic N) is 4. The van der Waals surface area contributed by atoms with Crippen molar-refractivity contribution >= 4 is 11.9 Å². The molecule has 150 valence electrons. The molecule has 0 saturated carbocycles. The van der Waals surface area contributed by atoms with Gasteiger partial charge in [-0.1, -0.05) is 30.3 Å². The van der Waals surface area contributed by atoms with Gasteiger partial charge in [-0.3, -0.25) is 4.79 Å². The second-order valence-electron chi connectivity index (χ2n) is 7.13. The van der Waals surface area contributed by atoms with Crippen molar-refractivity contribution < 1.29 is 9.21 Å². The summed E-state index contributed by atoms with van der Waals surface area (Å²) >= 11 is 0. The molecule has 1 aliphatic rings. The van der Waals surface area contributed by atoms with Crippen molar-refractivity contribution in [2.45, 2.75) is 19.8 Å². The van der Waals surface area contributed by atoms with Crippen molar-refractivity contribution in [1.82, 2.24) is 20.1 Å². The molecule has 1 N–H and O–H groups in total. The van der Waals surface area contributed by atoms with E-state index in [0.29, 0.717) is 49.9 Å². The highest BCUT2D eigenvalue weighted by atomic mass is 16.4. The van der Waals surface area contributed by atoms with Crippen LogP contribution in [0, 0.1) is 6.92 Å². The third-order valence-corrected chi connectivity index (χ3v) is 5.19. The topological polar surface area (TPSA) is 95.3 Å². The second-order valence-corrected chi connectivity index (χ2v) is 7.13. The highest BCUT2D eigenvalue weighted by molar-refractivity contribution is 5.95. The van der Waals surface area contributed by atoms with E-state index < -0.39 is 5.63 Å². The molecule has 0 bridgehead atoms. The predicted octanol–water partition coefficient (Wildman–Crippen LogP) is 1.81. The predicted molar refractivity (Wildman–Crippen MR) is 108 cm³/mol. The third kappa shape index (κ3) is 4.21. The number of hydrogen-bond acceptors (Lipinski definition) is 6. The lowest BCUT2D eigenvalue weighted by molar-refractivity contribution is 0.0740. The summed E-state index contributed by atoms with van der Waals surface area (Å²) < 4.78 is 5.47. The first-order chi connectivity index (χ1) is 14.1. The Bertz CT molecular complexity index is 1020. The number of benzene rings is 1. The molecular weight excluding hydrogens is 370 g/mol. The molecule has 0 unspecified atom stereocenters. The van der Waals surface area contributed by atoms with Crippen molar-refractivity contribution in [3.8, 4) is 0 Å². The molecule has 0 spiro atoms. The quantitative estimate of drug-likeness (QED) is 0.710. The standard InChI is InChI=1S/C21H23N5O3/c1-15-13-17(8-7-16-5-3-2-4-6-16)29-20(28)18(15)19(27)25-9-11-26(12-10-25)21-22-14-23-24-21/h2-6,13-14H,7-12H2,1H3,(H,22,23,24). The molecule has 1 saturated heterocycles. The zero-order valence-electron chi connectivity index (χ0n) is 16.3. The number of piperazine rings is 1. The van der Waals surface area contributed by atoms with Crippen LogP contribution in [-0.2, 0) is 12.8 Å². The number of hydrogen-bond donors (Lipinski definition) is 1. The van der Waals surface area contributed by atoms with Crippen molar-refractivity contribution in [2.75, 3.05) is 31.1 Å². The maximum Gasteiger partial charge on any atom is 0.349 e. The van der Waals surface area contributed by atoms with Crippen LogP contribution in [0.2, 0.25) is 0 Å². The summed E-state index contributed by atoms with van der Waals surface area (Å²) in [6.07, 6.45) is 2.85. The average Bonchev–Trinajstić information content (AvgIpc) is 3.27. The second kappa shape index (κ2) is 8.30. The SMILES string of the molecule is Cc1cc(CCc2ccccc2)oc(=O)c1C(=O)N1CCN(c2ncn[nH]2)CC1. The molecule has 29 heavy (non-hydrogen) atoms. The Morgan fingerprint density at radius 1 is 1.14 bits per heavy atom. The van der Waals surface area contributed by atoms with Crippen molar-refractivity contribution in [3.05, 3.63) is 75.6 Å². The number of carbonyl (C=O) groups is 1. The van der Waals surface area contributed by atoms with Gasteiger partial charge in [0, 0.05) is 32.6 Å². The Morgan fingerprint density at radius 3 is 2.55 bits per heavy atom. The van der Waals surface area contributed by atoms with Gasteiger partial charge >= 0.3 is 5.63 Å². The zero-order valence-corrected chi connectivity index (χ0v) is 16.3. The van der Waals surface area contributed by atoms with Gasteiger partial charge in [0.25, 0.3) is 5.91 Å². The minimum atomic E-state index is -0.560. The Hall–Kier alpha value is -3.42. The van der Waals surface area contributed by atoms with Crippen LogP contribution in [0.4, 0.5) is 5.95 Å². The molecule has 3 heterocycles. The average molecular weight is 393 g/mol. The minimum Gasteiger partial charge on any atom is -0.427 e. The number of aromatic amines is 1. The van der Waals surface area contributed by atoms with Gasteiger partial charge in [0.05, 0.1) is 0 Å². The smallest absolute Gasteiger partial charge is 0.349 e. The monoisotopic (exact) mass is 393 g/mol. The Kier molecular flexibility index (Phi) is 5.41. The maximum atomic E-state index is 12.9. The van der Waals surface area contributed by atoms with Crippen molar-refractivity contribution in [2.24, 2.45) is 0 Å². The zero-order chi connectivity index (χ0) is 20.2. The molecule has 3 aromatic rings. The molecule has 0 radical (unpaired) electrons. The van der Waals surface area contributed by atoms with E-state index in [9.17, 15) is 9.59 Å². The van der Waals surface area contributed by atoms with Gasteiger partial charge in [0.2, 0.25) is 5.95 Å².